The Kier molecular flexibility index (Phi) is 4.55. The summed E-state index contributed by atoms with van der Waals surface area (Å²) >= 11 is 0. The Morgan fingerprint density at radius 2 is 1.33 bits per heavy atom. The smallest absolute Gasteiger partial charge is 0.181 e. The van der Waals surface area contributed by atoms with Crippen LogP contribution in [0.1, 0.15) is 0 Å². The van der Waals surface area contributed by atoms with Crippen LogP contribution in [0.2, 0.25) is 0 Å². The van der Waals surface area contributed by atoms with Gasteiger partial charge in [0.2, 0.25) is 0 Å². The molecule has 0 aromatic heterocycles. The minimum absolute atomic E-state index is 0.600. The van der Waals surface area contributed by atoms with Gasteiger partial charge in [-0.25, -0.2) is 0 Å². The van der Waals surface area contributed by atoms with Crippen molar-refractivity contribution in [2.45, 2.75) is 12.6 Å². The van der Waals surface area contributed by atoms with Gasteiger partial charge in [0.15, 0.2) is 12.6 Å². The molecule has 0 aliphatic carbocycles. The van der Waals surface area contributed by atoms with Crippen LogP contribution in [0.4, 0.5) is 0 Å². The lowest BCUT2D eigenvalue weighted by Gasteiger charge is -2.12. The lowest BCUT2D eigenvalue weighted by molar-refractivity contribution is -0.229. The Morgan fingerprint density at radius 3 is 1.56 bits per heavy atom. The van der Waals surface area contributed by atoms with Crippen molar-refractivity contribution in [1.82, 2.24) is 0 Å². The summed E-state index contributed by atoms with van der Waals surface area (Å²) in [7, 11) is 0. The highest BCUT2D eigenvalue weighted by Crippen LogP contribution is 1.89. The SMILES string of the molecule is OCC(O)OC(O)CO. The molecule has 4 N–H and O–H groups in total. The van der Waals surface area contributed by atoms with Gasteiger partial charge in [-0.2, -0.15) is 0 Å². The number of hydrogen-bond donors (Lipinski definition) is 4. The first kappa shape index (κ1) is 8.80. The Morgan fingerprint density at radius 1 is 1.00 bits per heavy atom. The highest BCUT2D eigenvalue weighted by molar-refractivity contribution is 4.37. The highest BCUT2D eigenvalue weighted by Gasteiger charge is 2.07. The Balaban J connectivity index is 3.22. The van der Waals surface area contributed by atoms with Gasteiger partial charge in [-0.3, -0.25) is 0 Å². The van der Waals surface area contributed by atoms with Crippen LogP contribution >= 0.6 is 0 Å². The molecule has 2 atom stereocenters. The molecule has 0 saturated carbocycles. The second-order valence-corrected chi connectivity index (χ2v) is 1.41. The molecule has 0 saturated heterocycles. The van der Waals surface area contributed by atoms with Crippen molar-refractivity contribution in [1.29, 1.82) is 0 Å². The number of aliphatic hydroxyl groups excluding tert-OH is 4. The van der Waals surface area contributed by atoms with E-state index in [4.69, 9.17) is 20.4 Å². The third kappa shape index (κ3) is 4.31. The Labute approximate surface area is 52.1 Å². The average Bonchev–Trinajstić information content (AvgIpc) is 1.87. The van der Waals surface area contributed by atoms with Gasteiger partial charge in [0.25, 0.3) is 0 Å². The van der Waals surface area contributed by atoms with E-state index in [0.29, 0.717) is 0 Å². The standard InChI is InChI=1S/C4H10O5/c5-1-3(7)9-4(8)2-6/h3-8H,1-2H2. The molecule has 0 fully saturated rings. The molecule has 5 heteroatoms. The van der Waals surface area contributed by atoms with Gasteiger partial charge in [-0.1, -0.05) is 0 Å². The number of ether oxygens (including phenoxy) is 1. The summed E-state index contributed by atoms with van der Waals surface area (Å²) < 4.78 is 4.16. The summed E-state index contributed by atoms with van der Waals surface area (Å²) in [5, 5.41) is 33.1. The number of hydrogen-bond acceptors (Lipinski definition) is 5. The van der Waals surface area contributed by atoms with Crippen molar-refractivity contribution in [3.63, 3.8) is 0 Å². The molecule has 0 amide bonds. The monoisotopic (exact) mass is 138 g/mol. The molecule has 9 heavy (non-hydrogen) atoms. The van der Waals surface area contributed by atoms with Crippen LogP contribution in [0.15, 0.2) is 0 Å². The lowest BCUT2D eigenvalue weighted by atomic mass is 10.6. The zero-order valence-electron chi connectivity index (χ0n) is 4.77. The predicted molar refractivity (Wildman–Crippen MR) is 27.3 cm³/mol. The molecule has 0 rings (SSSR count). The fourth-order valence-corrected chi connectivity index (χ4v) is 0.267. The van der Waals surface area contributed by atoms with E-state index in [-0.39, 0.29) is 0 Å². The molecule has 0 bridgehead atoms. The van der Waals surface area contributed by atoms with Crippen molar-refractivity contribution >= 4 is 0 Å². The molecule has 0 spiro atoms. The fraction of sp³-hybridized carbons (Fsp3) is 1.00. The first-order chi connectivity index (χ1) is 4.20. The minimum atomic E-state index is -1.42. The molecule has 2 unspecified atom stereocenters. The second kappa shape index (κ2) is 4.66. The number of rotatable bonds is 4. The average molecular weight is 138 g/mol. The van der Waals surface area contributed by atoms with Crippen LogP contribution in [-0.4, -0.2) is 46.2 Å². The molecule has 56 valence electrons. The van der Waals surface area contributed by atoms with Crippen LogP contribution < -0.4 is 0 Å². The summed E-state index contributed by atoms with van der Waals surface area (Å²) in [6, 6.07) is 0. The van der Waals surface area contributed by atoms with E-state index in [1.807, 2.05) is 0 Å². The predicted octanol–water partition coefficient (Wildman–Crippen LogP) is -2.38. The van der Waals surface area contributed by atoms with Crippen LogP contribution in [0.5, 0.6) is 0 Å². The van der Waals surface area contributed by atoms with Crippen LogP contribution in [-0.2, 0) is 4.74 Å². The minimum Gasteiger partial charge on any atom is -0.391 e. The Bertz CT molecular complexity index is 58.0. The van der Waals surface area contributed by atoms with Crippen molar-refractivity contribution < 1.29 is 25.2 Å². The van der Waals surface area contributed by atoms with E-state index in [1.165, 1.54) is 0 Å². The van der Waals surface area contributed by atoms with Gasteiger partial charge >= 0.3 is 0 Å². The molecule has 0 heterocycles. The van der Waals surface area contributed by atoms with Gasteiger partial charge < -0.3 is 25.2 Å². The molecule has 0 aliphatic rings. The first-order valence-electron chi connectivity index (χ1n) is 2.44. The summed E-state index contributed by atoms with van der Waals surface area (Å²) in [6.45, 7) is -1.20. The Hall–Kier alpha value is -0.200. The van der Waals surface area contributed by atoms with Gasteiger partial charge in [0, 0.05) is 0 Å². The fourth-order valence-electron chi connectivity index (χ4n) is 0.267. The lowest BCUT2D eigenvalue weighted by Crippen LogP contribution is -2.26. The summed E-state index contributed by atoms with van der Waals surface area (Å²) in [5.74, 6) is 0. The molecular weight excluding hydrogens is 128 g/mol. The third-order valence-corrected chi connectivity index (χ3v) is 0.627. The zero-order chi connectivity index (χ0) is 7.28. The molecular formula is C4H10O5. The van der Waals surface area contributed by atoms with E-state index >= 15 is 0 Å². The summed E-state index contributed by atoms with van der Waals surface area (Å²) in [6.07, 6.45) is -2.85. The van der Waals surface area contributed by atoms with Crippen molar-refractivity contribution in [3.05, 3.63) is 0 Å². The normalized spacial score (nSPS) is 17.3. The van der Waals surface area contributed by atoms with Gasteiger partial charge in [-0.05, 0) is 0 Å². The van der Waals surface area contributed by atoms with Crippen molar-refractivity contribution in [3.8, 4) is 0 Å². The molecule has 5 nitrogen and oxygen atoms in total. The summed E-state index contributed by atoms with van der Waals surface area (Å²) in [5.41, 5.74) is 0. The van der Waals surface area contributed by atoms with E-state index in [0.717, 1.165) is 0 Å². The van der Waals surface area contributed by atoms with Crippen LogP contribution in [0, 0.1) is 0 Å². The summed E-state index contributed by atoms with van der Waals surface area (Å²) in [4.78, 5) is 0. The first-order valence-corrected chi connectivity index (χ1v) is 2.44. The maximum atomic E-state index is 8.42. The van der Waals surface area contributed by atoms with Gasteiger partial charge in [-0.15, -0.1) is 0 Å². The third-order valence-electron chi connectivity index (χ3n) is 0.627. The second-order valence-electron chi connectivity index (χ2n) is 1.41. The maximum absolute atomic E-state index is 8.42. The van der Waals surface area contributed by atoms with Crippen LogP contribution in [0.25, 0.3) is 0 Å². The molecule has 0 aromatic rings. The topological polar surface area (TPSA) is 90.2 Å². The van der Waals surface area contributed by atoms with Gasteiger partial charge in [0.05, 0.1) is 13.2 Å². The quantitative estimate of drug-likeness (QED) is 0.326. The zero-order valence-corrected chi connectivity index (χ0v) is 4.77. The van der Waals surface area contributed by atoms with E-state index in [1.54, 1.807) is 0 Å². The highest BCUT2D eigenvalue weighted by atomic mass is 16.7. The van der Waals surface area contributed by atoms with Crippen molar-refractivity contribution in [2.24, 2.45) is 0 Å². The van der Waals surface area contributed by atoms with E-state index < -0.39 is 25.8 Å². The molecule has 0 aliphatic heterocycles. The largest absolute Gasteiger partial charge is 0.391 e. The van der Waals surface area contributed by atoms with Crippen LogP contribution in [0.3, 0.4) is 0 Å². The molecule has 0 radical (unpaired) electrons. The van der Waals surface area contributed by atoms with Crippen molar-refractivity contribution in [2.75, 3.05) is 13.2 Å². The number of aliphatic hydroxyl groups is 4. The molecule has 0 aromatic carbocycles. The van der Waals surface area contributed by atoms with E-state index in [2.05, 4.69) is 4.74 Å². The maximum Gasteiger partial charge on any atom is 0.181 e. The van der Waals surface area contributed by atoms with Gasteiger partial charge in [0.1, 0.15) is 0 Å². The van der Waals surface area contributed by atoms with E-state index in [9.17, 15) is 0 Å².